The molecule has 0 aliphatic heterocycles. The van der Waals surface area contributed by atoms with Gasteiger partial charge in [-0.2, -0.15) is 4.98 Å². The Hall–Kier alpha value is -1.68. The third-order valence-electron chi connectivity index (χ3n) is 2.24. The van der Waals surface area contributed by atoms with Gasteiger partial charge in [-0.1, -0.05) is 41.9 Å². The molecule has 0 atom stereocenters. The van der Waals surface area contributed by atoms with Gasteiger partial charge in [0.25, 0.3) is 0 Å². The van der Waals surface area contributed by atoms with E-state index in [2.05, 4.69) is 29.7 Å². The fourth-order valence-electron chi connectivity index (χ4n) is 1.39. The Kier molecular flexibility index (Phi) is 5.36. The quantitative estimate of drug-likeness (QED) is 0.884. The summed E-state index contributed by atoms with van der Waals surface area (Å²) in [5.41, 5.74) is 6.74. The van der Waals surface area contributed by atoms with E-state index in [0.29, 0.717) is 11.7 Å². The average molecular weight is 233 g/mol. The zero-order valence-corrected chi connectivity index (χ0v) is 10.6. The summed E-state index contributed by atoms with van der Waals surface area (Å²) in [6.07, 6.45) is 1.87. The average Bonchev–Trinajstić information content (AvgIpc) is 2.82. The molecule has 92 valence electrons. The van der Waals surface area contributed by atoms with Crippen LogP contribution in [0.3, 0.4) is 0 Å². The van der Waals surface area contributed by atoms with E-state index < -0.39 is 0 Å². The molecule has 0 saturated heterocycles. The van der Waals surface area contributed by atoms with E-state index in [1.165, 1.54) is 12.6 Å². The molecule has 4 heteroatoms. The first kappa shape index (κ1) is 13.4. The van der Waals surface area contributed by atoms with E-state index in [0.717, 1.165) is 18.4 Å². The van der Waals surface area contributed by atoms with Crippen molar-refractivity contribution in [3.05, 3.63) is 35.7 Å². The predicted molar refractivity (Wildman–Crippen MR) is 68.6 cm³/mol. The number of aryl methyl sites for hydroxylation is 2. The van der Waals surface area contributed by atoms with E-state index in [4.69, 9.17) is 4.52 Å². The van der Waals surface area contributed by atoms with Gasteiger partial charge in [-0.05, 0) is 20.4 Å². The predicted octanol–water partition coefficient (Wildman–Crippen LogP) is 2.57. The van der Waals surface area contributed by atoms with Crippen molar-refractivity contribution < 1.29 is 4.52 Å². The molecule has 0 radical (unpaired) electrons. The number of benzene rings is 1. The van der Waals surface area contributed by atoms with Crippen molar-refractivity contribution in [2.24, 2.45) is 5.73 Å². The van der Waals surface area contributed by atoms with Gasteiger partial charge in [0, 0.05) is 12.0 Å². The van der Waals surface area contributed by atoms with Gasteiger partial charge >= 0.3 is 0 Å². The molecule has 0 unspecified atom stereocenters. The number of nitrogens with two attached hydrogens (primary N) is 1. The van der Waals surface area contributed by atoms with Crippen molar-refractivity contribution in [2.75, 3.05) is 7.05 Å². The summed E-state index contributed by atoms with van der Waals surface area (Å²) in [7, 11) is 1.50. The van der Waals surface area contributed by atoms with Crippen molar-refractivity contribution in [3.63, 3.8) is 0 Å². The Labute approximate surface area is 102 Å². The highest BCUT2D eigenvalue weighted by Crippen LogP contribution is 2.16. The first-order valence-electron chi connectivity index (χ1n) is 5.77. The maximum Gasteiger partial charge on any atom is 0.226 e. The van der Waals surface area contributed by atoms with Crippen LogP contribution in [-0.4, -0.2) is 17.2 Å². The number of hydrogen-bond donors (Lipinski definition) is 1. The van der Waals surface area contributed by atoms with E-state index in [-0.39, 0.29) is 0 Å². The van der Waals surface area contributed by atoms with Gasteiger partial charge < -0.3 is 10.3 Å². The minimum Gasteiger partial charge on any atom is -0.339 e. The van der Waals surface area contributed by atoms with Crippen LogP contribution >= 0.6 is 0 Å². The first-order valence-corrected chi connectivity index (χ1v) is 5.77. The number of hydrogen-bond acceptors (Lipinski definition) is 4. The van der Waals surface area contributed by atoms with Crippen LogP contribution in [0.25, 0.3) is 11.4 Å². The second-order valence-electron chi connectivity index (χ2n) is 3.63. The van der Waals surface area contributed by atoms with Gasteiger partial charge in [-0.15, -0.1) is 0 Å². The lowest BCUT2D eigenvalue weighted by Gasteiger charge is -1.94. The van der Waals surface area contributed by atoms with E-state index >= 15 is 0 Å². The van der Waals surface area contributed by atoms with Crippen molar-refractivity contribution in [1.29, 1.82) is 0 Å². The summed E-state index contributed by atoms with van der Waals surface area (Å²) >= 11 is 0. The highest BCUT2D eigenvalue weighted by Gasteiger charge is 2.06. The Morgan fingerprint density at radius 2 is 1.82 bits per heavy atom. The number of aromatic nitrogens is 2. The molecule has 2 rings (SSSR count). The lowest BCUT2D eigenvalue weighted by Crippen LogP contribution is -1.83. The summed E-state index contributed by atoms with van der Waals surface area (Å²) in [5.74, 6) is 1.39. The molecule has 1 aromatic carbocycles. The molecule has 0 spiro atoms. The Morgan fingerprint density at radius 3 is 2.41 bits per heavy atom. The molecule has 1 aromatic heterocycles. The van der Waals surface area contributed by atoms with Crippen molar-refractivity contribution in [2.45, 2.75) is 26.7 Å². The molecular formula is C13H19N3O. The highest BCUT2D eigenvalue weighted by atomic mass is 16.5. The molecule has 2 N–H and O–H groups in total. The molecule has 1 heterocycles. The van der Waals surface area contributed by atoms with Crippen molar-refractivity contribution in [3.8, 4) is 11.4 Å². The second kappa shape index (κ2) is 6.81. The standard InChI is InChI=1S/C12H14N2O.CH5N/c1-3-4-11-13-12(14-15-11)10-7-5-9(2)6-8-10;1-2/h5-8H,3-4H2,1-2H3;2H2,1H3. The molecular weight excluding hydrogens is 214 g/mol. The third-order valence-corrected chi connectivity index (χ3v) is 2.24. The van der Waals surface area contributed by atoms with Crippen molar-refractivity contribution in [1.82, 2.24) is 10.1 Å². The van der Waals surface area contributed by atoms with Gasteiger partial charge in [-0.25, -0.2) is 0 Å². The zero-order chi connectivity index (χ0) is 12.7. The minimum absolute atomic E-state index is 0.679. The van der Waals surface area contributed by atoms with E-state index in [1.54, 1.807) is 0 Å². The van der Waals surface area contributed by atoms with Crippen LogP contribution in [0.4, 0.5) is 0 Å². The lowest BCUT2D eigenvalue weighted by molar-refractivity contribution is 0.378. The Bertz CT molecular complexity index is 434. The van der Waals surface area contributed by atoms with Crippen LogP contribution in [0, 0.1) is 6.92 Å². The Balaban J connectivity index is 0.000000686. The summed E-state index contributed by atoms with van der Waals surface area (Å²) in [4.78, 5) is 4.32. The SMILES string of the molecule is CCCc1nc(-c2ccc(C)cc2)no1.CN. The van der Waals surface area contributed by atoms with Gasteiger partial charge in [-0.3, -0.25) is 0 Å². The smallest absolute Gasteiger partial charge is 0.226 e. The summed E-state index contributed by atoms with van der Waals surface area (Å²) in [5, 5.41) is 3.95. The van der Waals surface area contributed by atoms with Crippen LogP contribution in [0.2, 0.25) is 0 Å². The van der Waals surface area contributed by atoms with Gasteiger partial charge in [0.2, 0.25) is 11.7 Å². The van der Waals surface area contributed by atoms with Gasteiger partial charge in [0.15, 0.2) is 0 Å². The summed E-state index contributed by atoms with van der Waals surface area (Å²) < 4.78 is 5.13. The monoisotopic (exact) mass is 233 g/mol. The third kappa shape index (κ3) is 3.67. The fourth-order valence-corrected chi connectivity index (χ4v) is 1.39. The maximum atomic E-state index is 5.13. The molecule has 17 heavy (non-hydrogen) atoms. The van der Waals surface area contributed by atoms with E-state index in [9.17, 15) is 0 Å². The molecule has 0 bridgehead atoms. The normalized spacial score (nSPS) is 9.65. The lowest BCUT2D eigenvalue weighted by atomic mass is 10.1. The fraction of sp³-hybridized carbons (Fsp3) is 0.385. The largest absolute Gasteiger partial charge is 0.339 e. The van der Waals surface area contributed by atoms with Crippen molar-refractivity contribution >= 4 is 0 Å². The van der Waals surface area contributed by atoms with Gasteiger partial charge in [0.05, 0.1) is 0 Å². The molecule has 4 nitrogen and oxygen atoms in total. The second-order valence-corrected chi connectivity index (χ2v) is 3.63. The maximum absolute atomic E-state index is 5.13. The van der Waals surface area contributed by atoms with E-state index in [1.807, 2.05) is 24.3 Å². The molecule has 0 amide bonds. The molecule has 0 aliphatic rings. The minimum atomic E-state index is 0.679. The van der Waals surface area contributed by atoms with Crippen LogP contribution in [0.1, 0.15) is 24.8 Å². The molecule has 0 fully saturated rings. The molecule has 0 saturated carbocycles. The highest BCUT2D eigenvalue weighted by molar-refractivity contribution is 5.54. The molecule has 0 aliphatic carbocycles. The van der Waals surface area contributed by atoms with Gasteiger partial charge in [0.1, 0.15) is 0 Å². The zero-order valence-electron chi connectivity index (χ0n) is 10.6. The van der Waals surface area contributed by atoms with Crippen LogP contribution in [0.15, 0.2) is 28.8 Å². The van der Waals surface area contributed by atoms with Crippen LogP contribution < -0.4 is 5.73 Å². The first-order chi connectivity index (χ1) is 8.29. The summed E-state index contributed by atoms with van der Waals surface area (Å²) in [6, 6.07) is 8.11. The summed E-state index contributed by atoms with van der Waals surface area (Å²) in [6.45, 7) is 4.15. The van der Waals surface area contributed by atoms with Crippen LogP contribution in [0.5, 0.6) is 0 Å². The molecule has 2 aromatic rings. The van der Waals surface area contributed by atoms with Crippen LogP contribution in [-0.2, 0) is 6.42 Å². The number of nitrogens with zero attached hydrogens (tertiary/aromatic N) is 2. The Morgan fingerprint density at radius 1 is 1.18 bits per heavy atom. The topological polar surface area (TPSA) is 64.9 Å². The number of rotatable bonds is 3.